The first kappa shape index (κ1) is 12.2. The Hall–Kier alpha value is -2.24. The smallest absolute Gasteiger partial charge is 0.321 e. The average Bonchev–Trinajstić information content (AvgIpc) is 2.32. The van der Waals surface area contributed by atoms with Gasteiger partial charge in [-0.1, -0.05) is 6.07 Å². The van der Waals surface area contributed by atoms with Crippen LogP contribution >= 0.6 is 0 Å². The fourth-order valence-corrected chi connectivity index (χ4v) is 1.52. The zero-order chi connectivity index (χ0) is 13.1. The zero-order valence-corrected chi connectivity index (χ0v) is 10.1. The summed E-state index contributed by atoms with van der Waals surface area (Å²) in [6.07, 6.45) is 0. The van der Waals surface area contributed by atoms with Gasteiger partial charge in [-0.25, -0.2) is 4.39 Å². The Balaban J connectivity index is 2.52. The van der Waals surface area contributed by atoms with Crippen LogP contribution in [-0.2, 0) is 0 Å². The lowest BCUT2D eigenvalue weighted by molar-refractivity contribution is 0.312. The molecule has 0 radical (unpaired) electrons. The first-order valence-corrected chi connectivity index (χ1v) is 5.51. The van der Waals surface area contributed by atoms with Crippen LogP contribution in [0.15, 0.2) is 18.2 Å². The molecular weight excluding hydrogens is 235 g/mol. The number of nitrogen functional groups attached to an aromatic ring is 1. The van der Waals surface area contributed by atoms with Gasteiger partial charge >= 0.3 is 6.01 Å². The molecule has 0 amide bonds. The number of benzene rings is 1. The molecular formula is C12H13FN4O. The fourth-order valence-electron chi connectivity index (χ4n) is 1.52. The van der Waals surface area contributed by atoms with E-state index >= 15 is 0 Å². The van der Waals surface area contributed by atoms with Gasteiger partial charge in [0.2, 0.25) is 5.95 Å². The number of nitrogens with two attached hydrogens (primary N) is 1. The molecule has 1 aromatic heterocycles. The number of rotatable bonds is 3. The third-order valence-electron chi connectivity index (χ3n) is 2.35. The molecule has 18 heavy (non-hydrogen) atoms. The second kappa shape index (κ2) is 4.95. The van der Waals surface area contributed by atoms with E-state index in [2.05, 4.69) is 15.0 Å². The molecule has 5 nitrogen and oxygen atoms in total. The monoisotopic (exact) mass is 248 g/mol. The van der Waals surface area contributed by atoms with Crippen LogP contribution in [0.2, 0.25) is 0 Å². The maximum Gasteiger partial charge on any atom is 0.321 e. The molecule has 0 spiro atoms. The van der Waals surface area contributed by atoms with Gasteiger partial charge in [0.15, 0.2) is 5.82 Å². The maximum absolute atomic E-state index is 13.2. The van der Waals surface area contributed by atoms with Crippen molar-refractivity contribution in [3.8, 4) is 17.4 Å². The minimum absolute atomic E-state index is 0.0483. The summed E-state index contributed by atoms with van der Waals surface area (Å²) in [6, 6.07) is 4.54. The van der Waals surface area contributed by atoms with Crippen molar-refractivity contribution in [1.82, 2.24) is 15.0 Å². The Morgan fingerprint density at radius 1 is 1.28 bits per heavy atom. The highest BCUT2D eigenvalue weighted by Gasteiger charge is 2.10. The lowest BCUT2D eigenvalue weighted by Crippen LogP contribution is -2.05. The first-order valence-electron chi connectivity index (χ1n) is 5.51. The van der Waals surface area contributed by atoms with Gasteiger partial charge in [-0.2, -0.15) is 15.0 Å². The summed E-state index contributed by atoms with van der Waals surface area (Å²) >= 11 is 0. The SMILES string of the molecule is CCOc1nc(N)nc(-c2cc(F)ccc2C)n1. The third kappa shape index (κ3) is 2.53. The number of hydrogen-bond acceptors (Lipinski definition) is 5. The molecule has 0 aliphatic heterocycles. The number of halogens is 1. The van der Waals surface area contributed by atoms with Crippen molar-refractivity contribution in [1.29, 1.82) is 0 Å². The predicted molar refractivity (Wildman–Crippen MR) is 65.5 cm³/mol. The Morgan fingerprint density at radius 3 is 2.78 bits per heavy atom. The maximum atomic E-state index is 13.2. The number of hydrogen-bond donors (Lipinski definition) is 1. The Bertz CT molecular complexity index is 574. The van der Waals surface area contributed by atoms with Crippen LogP contribution in [0.3, 0.4) is 0 Å². The molecule has 0 bridgehead atoms. The van der Waals surface area contributed by atoms with E-state index in [1.165, 1.54) is 12.1 Å². The van der Waals surface area contributed by atoms with Gasteiger partial charge in [0.25, 0.3) is 0 Å². The van der Waals surface area contributed by atoms with Crippen molar-refractivity contribution in [2.75, 3.05) is 12.3 Å². The molecule has 0 aliphatic carbocycles. The molecule has 2 rings (SSSR count). The van der Waals surface area contributed by atoms with E-state index in [0.29, 0.717) is 18.0 Å². The summed E-state index contributed by atoms with van der Waals surface area (Å²) < 4.78 is 18.4. The van der Waals surface area contributed by atoms with Crippen LogP contribution in [0.25, 0.3) is 11.4 Å². The van der Waals surface area contributed by atoms with Crippen LogP contribution in [0.5, 0.6) is 6.01 Å². The summed E-state index contributed by atoms with van der Waals surface area (Å²) in [7, 11) is 0. The summed E-state index contributed by atoms with van der Waals surface area (Å²) in [5.74, 6) is 0.00241. The van der Waals surface area contributed by atoms with Gasteiger partial charge in [0.1, 0.15) is 5.82 Å². The van der Waals surface area contributed by atoms with Crippen LogP contribution in [-0.4, -0.2) is 21.6 Å². The van der Waals surface area contributed by atoms with E-state index in [4.69, 9.17) is 10.5 Å². The predicted octanol–water partition coefficient (Wildman–Crippen LogP) is 1.97. The van der Waals surface area contributed by atoms with Crippen molar-refractivity contribution in [2.24, 2.45) is 0 Å². The van der Waals surface area contributed by atoms with E-state index in [1.54, 1.807) is 6.07 Å². The molecule has 0 saturated carbocycles. The summed E-state index contributed by atoms with van der Waals surface area (Å²) in [5.41, 5.74) is 7.00. The van der Waals surface area contributed by atoms with Gasteiger partial charge in [0.05, 0.1) is 6.61 Å². The van der Waals surface area contributed by atoms with Crippen molar-refractivity contribution in [3.63, 3.8) is 0 Å². The van der Waals surface area contributed by atoms with Crippen LogP contribution in [0.4, 0.5) is 10.3 Å². The Kier molecular flexibility index (Phi) is 3.36. The van der Waals surface area contributed by atoms with E-state index in [0.717, 1.165) is 5.56 Å². The molecule has 2 N–H and O–H groups in total. The van der Waals surface area contributed by atoms with Crippen molar-refractivity contribution < 1.29 is 9.13 Å². The highest BCUT2D eigenvalue weighted by atomic mass is 19.1. The molecule has 0 atom stereocenters. The van der Waals surface area contributed by atoms with E-state index in [-0.39, 0.29) is 17.8 Å². The number of anilines is 1. The van der Waals surface area contributed by atoms with E-state index < -0.39 is 0 Å². The molecule has 2 aromatic rings. The van der Waals surface area contributed by atoms with Crippen molar-refractivity contribution in [3.05, 3.63) is 29.6 Å². The molecule has 1 heterocycles. The zero-order valence-electron chi connectivity index (χ0n) is 10.1. The normalized spacial score (nSPS) is 10.4. The molecule has 1 aromatic carbocycles. The largest absolute Gasteiger partial charge is 0.464 e. The highest BCUT2D eigenvalue weighted by molar-refractivity contribution is 5.60. The lowest BCUT2D eigenvalue weighted by Gasteiger charge is -2.07. The van der Waals surface area contributed by atoms with Gasteiger partial charge in [-0.05, 0) is 31.5 Å². The number of aromatic nitrogens is 3. The highest BCUT2D eigenvalue weighted by Crippen LogP contribution is 2.22. The van der Waals surface area contributed by atoms with E-state index in [1.807, 2.05) is 13.8 Å². The minimum Gasteiger partial charge on any atom is -0.464 e. The second-order valence-corrected chi connectivity index (χ2v) is 3.69. The van der Waals surface area contributed by atoms with Crippen LogP contribution in [0, 0.1) is 12.7 Å². The minimum atomic E-state index is -0.354. The summed E-state index contributed by atoms with van der Waals surface area (Å²) in [5, 5.41) is 0. The van der Waals surface area contributed by atoms with Gasteiger partial charge in [0, 0.05) is 5.56 Å². The fraction of sp³-hybridized carbons (Fsp3) is 0.250. The van der Waals surface area contributed by atoms with Gasteiger partial charge in [-0.3, -0.25) is 0 Å². The second-order valence-electron chi connectivity index (χ2n) is 3.69. The lowest BCUT2D eigenvalue weighted by atomic mass is 10.1. The number of ether oxygens (including phenoxy) is 1. The van der Waals surface area contributed by atoms with Gasteiger partial charge < -0.3 is 10.5 Å². The summed E-state index contributed by atoms with van der Waals surface area (Å²) in [4.78, 5) is 11.9. The number of aryl methyl sites for hydroxylation is 1. The quantitative estimate of drug-likeness (QED) is 0.898. The van der Waals surface area contributed by atoms with E-state index in [9.17, 15) is 4.39 Å². The molecule has 0 unspecified atom stereocenters. The number of nitrogens with zero attached hydrogens (tertiary/aromatic N) is 3. The Morgan fingerprint density at radius 2 is 2.06 bits per heavy atom. The van der Waals surface area contributed by atoms with Gasteiger partial charge in [-0.15, -0.1) is 0 Å². The van der Waals surface area contributed by atoms with Crippen molar-refractivity contribution in [2.45, 2.75) is 13.8 Å². The standard InChI is InChI=1S/C12H13FN4O/c1-3-18-12-16-10(15-11(14)17-12)9-6-8(13)5-4-7(9)2/h4-6H,3H2,1-2H3,(H2,14,15,16,17). The molecule has 94 valence electrons. The average molecular weight is 248 g/mol. The molecule has 6 heteroatoms. The molecule has 0 aliphatic rings. The van der Waals surface area contributed by atoms with Crippen LogP contribution in [0.1, 0.15) is 12.5 Å². The molecule has 0 fully saturated rings. The van der Waals surface area contributed by atoms with Crippen LogP contribution < -0.4 is 10.5 Å². The Labute approximate surface area is 104 Å². The topological polar surface area (TPSA) is 73.9 Å². The van der Waals surface area contributed by atoms with Crippen molar-refractivity contribution >= 4 is 5.95 Å². The molecule has 0 saturated heterocycles. The third-order valence-corrected chi connectivity index (χ3v) is 2.35. The summed E-state index contributed by atoms with van der Waals surface area (Å²) in [6.45, 7) is 4.08. The first-order chi connectivity index (χ1) is 8.60.